The molecule has 0 saturated carbocycles. The zero-order valence-electron chi connectivity index (χ0n) is 14.3. The summed E-state index contributed by atoms with van der Waals surface area (Å²) in [7, 11) is 0. The third-order valence-corrected chi connectivity index (χ3v) is 4.83. The van der Waals surface area contributed by atoms with Gasteiger partial charge in [0.15, 0.2) is 0 Å². The zero-order chi connectivity index (χ0) is 18.7. The quantitative estimate of drug-likeness (QED) is 0.594. The second kappa shape index (κ2) is 7.93. The smallest absolute Gasteiger partial charge is 0.260 e. The number of aromatic nitrogens is 2. The fourth-order valence-electron chi connectivity index (χ4n) is 2.42. The van der Waals surface area contributed by atoms with Crippen LogP contribution in [0.25, 0.3) is 10.6 Å². The molecule has 1 aromatic heterocycles. The highest BCUT2D eigenvalue weighted by molar-refractivity contribution is 7.18. The summed E-state index contributed by atoms with van der Waals surface area (Å²) in [6.07, 6.45) is 0. The Morgan fingerprint density at radius 2 is 1.92 bits per heavy atom. The summed E-state index contributed by atoms with van der Waals surface area (Å²) in [6, 6.07) is 12.9. The predicted molar refractivity (Wildman–Crippen MR) is 103 cm³/mol. The van der Waals surface area contributed by atoms with Crippen molar-refractivity contribution in [1.29, 1.82) is 0 Å². The molecule has 0 N–H and O–H groups in total. The molecule has 0 saturated heterocycles. The third kappa shape index (κ3) is 4.26. The van der Waals surface area contributed by atoms with Crippen LogP contribution in [-0.4, -0.2) is 22.6 Å². The predicted octanol–water partition coefficient (Wildman–Crippen LogP) is 5.30. The van der Waals surface area contributed by atoms with Gasteiger partial charge in [-0.2, -0.15) is 0 Å². The fourth-order valence-corrected chi connectivity index (χ4v) is 3.47. The van der Waals surface area contributed by atoms with Crippen molar-refractivity contribution in [3.63, 3.8) is 0 Å². The molecule has 0 radical (unpaired) electrons. The molecule has 0 atom stereocenters. The molecular weight excluding hydrogens is 373 g/mol. The Labute approximate surface area is 160 Å². The van der Waals surface area contributed by atoms with Crippen molar-refractivity contribution in [1.82, 2.24) is 10.2 Å². The monoisotopic (exact) mass is 389 g/mol. The van der Waals surface area contributed by atoms with Crippen LogP contribution in [0.1, 0.15) is 24.2 Å². The molecule has 26 heavy (non-hydrogen) atoms. The van der Waals surface area contributed by atoms with E-state index < -0.39 is 0 Å². The van der Waals surface area contributed by atoms with Gasteiger partial charge in [-0.3, -0.25) is 9.69 Å². The van der Waals surface area contributed by atoms with Crippen LogP contribution in [0.4, 0.5) is 9.52 Å². The Hall–Kier alpha value is -2.31. The molecule has 0 bridgehead atoms. The molecule has 1 heterocycles. The van der Waals surface area contributed by atoms with Crippen molar-refractivity contribution in [2.24, 2.45) is 5.92 Å². The highest BCUT2D eigenvalue weighted by Gasteiger charge is 2.23. The van der Waals surface area contributed by atoms with Gasteiger partial charge in [0, 0.05) is 22.7 Å². The average molecular weight is 390 g/mol. The van der Waals surface area contributed by atoms with E-state index in [4.69, 9.17) is 11.6 Å². The first-order chi connectivity index (χ1) is 12.4. The summed E-state index contributed by atoms with van der Waals surface area (Å²) < 4.78 is 13.1. The molecule has 0 fully saturated rings. The number of rotatable bonds is 5. The van der Waals surface area contributed by atoms with Gasteiger partial charge in [0.05, 0.1) is 0 Å². The van der Waals surface area contributed by atoms with Crippen molar-refractivity contribution in [2.75, 3.05) is 11.4 Å². The molecular formula is C19H17ClFN3OS. The van der Waals surface area contributed by atoms with Crippen molar-refractivity contribution >= 4 is 34.0 Å². The molecule has 0 spiro atoms. The van der Waals surface area contributed by atoms with E-state index in [1.165, 1.54) is 23.5 Å². The van der Waals surface area contributed by atoms with Gasteiger partial charge in [-0.25, -0.2) is 4.39 Å². The molecule has 4 nitrogen and oxygen atoms in total. The topological polar surface area (TPSA) is 46.1 Å². The first kappa shape index (κ1) is 18.5. The summed E-state index contributed by atoms with van der Waals surface area (Å²) in [5.41, 5.74) is 1.26. The summed E-state index contributed by atoms with van der Waals surface area (Å²) in [5.74, 6) is -0.240. The zero-order valence-corrected chi connectivity index (χ0v) is 15.9. The van der Waals surface area contributed by atoms with E-state index in [1.807, 2.05) is 13.8 Å². The van der Waals surface area contributed by atoms with E-state index in [0.29, 0.717) is 27.3 Å². The Morgan fingerprint density at radius 1 is 1.19 bits per heavy atom. The van der Waals surface area contributed by atoms with Crippen LogP contribution < -0.4 is 4.90 Å². The Morgan fingerprint density at radius 3 is 2.58 bits per heavy atom. The average Bonchev–Trinajstić information content (AvgIpc) is 3.09. The van der Waals surface area contributed by atoms with Gasteiger partial charge < -0.3 is 0 Å². The summed E-state index contributed by atoms with van der Waals surface area (Å²) >= 11 is 7.31. The Balaban J connectivity index is 1.93. The molecule has 2 aromatic carbocycles. The molecule has 7 heteroatoms. The van der Waals surface area contributed by atoms with Gasteiger partial charge >= 0.3 is 0 Å². The largest absolute Gasteiger partial charge is 0.282 e. The lowest BCUT2D eigenvalue weighted by molar-refractivity contribution is 0.0983. The molecule has 1 amide bonds. The SMILES string of the molecule is CC(C)CN(C(=O)c1cccc(Cl)c1)c1nnc(-c2ccc(F)cc2)s1. The van der Waals surface area contributed by atoms with E-state index in [2.05, 4.69) is 10.2 Å². The number of hydrogen-bond donors (Lipinski definition) is 0. The normalized spacial score (nSPS) is 11.0. The Bertz CT molecular complexity index is 911. The van der Waals surface area contributed by atoms with Gasteiger partial charge in [-0.05, 0) is 48.4 Å². The van der Waals surface area contributed by atoms with Crippen LogP contribution in [0.5, 0.6) is 0 Å². The second-order valence-electron chi connectivity index (χ2n) is 6.22. The van der Waals surface area contributed by atoms with Crippen molar-refractivity contribution in [3.05, 3.63) is 64.9 Å². The summed E-state index contributed by atoms with van der Waals surface area (Å²) in [6.45, 7) is 4.56. The Kier molecular flexibility index (Phi) is 5.64. The first-order valence-corrected chi connectivity index (χ1v) is 9.30. The highest BCUT2D eigenvalue weighted by atomic mass is 35.5. The van der Waals surface area contributed by atoms with E-state index in [1.54, 1.807) is 41.3 Å². The lowest BCUT2D eigenvalue weighted by Gasteiger charge is -2.21. The molecule has 134 valence electrons. The number of benzene rings is 2. The van der Waals surface area contributed by atoms with Crippen LogP contribution in [0.15, 0.2) is 48.5 Å². The van der Waals surface area contributed by atoms with E-state index in [0.717, 1.165) is 5.56 Å². The maximum atomic E-state index is 13.1. The van der Waals surface area contributed by atoms with Gasteiger partial charge in [0.2, 0.25) is 5.13 Å². The number of halogens is 2. The maximum absolute atomic E-state index is 13.1. The standard InChI is InChI=1S/C19H17ClFN3OS/c1-12(2)11-24(18(25)14-4-3-5-15(20)10-14)19-23-22-17(26-19)13-6-8-16(21)9-7-13/h3-10,12H,11H2,1-2H3. The molecule has 3 aromatic rings. The van der Waals surface area contributed by atoms with Crippen LogP contribution in [0.3, 0.4) is 0 Å². The van der Waals surface area contributed by atoms with Crippen molar-refractivity contribution in [2.45, 2.75) is 13.8 Å². The van der Waals surface area contributed by atoms with Crippen molar-refractivity contribution < 1.29 is 9.18 Å². The molecule has 3 rings (SSSR count). The lowest BCUT2D eigenvalue weighted by Crippen LogP contribution is -2.34. The van der Waals surface area contributed by atoms with E-state index in [9.17, 15) is 9.18 Å². The van der Waals surface area contributed by atoms with Gasteiger partial charge in [-0.1, -0.05) is 42.9 Å². The summed E-state index contributed by atoms with van der Waals surface area (Å²) in [4.78, 5) is 14.6. The minimum absolute atomic E-state index is 0.178. The van der Waals surface area contributed by atoms with Crippen LogP contribution in [0.2, 0.25) is 5.02 Å². The number of nitrogens with zero attached hydrogens (tertiary/aromatic N) is 3. The van der Waals surface area contributed by atoms with Gasteiger partial charge in [0.1, 0.15) is 10.8 Å². The second-order valence-corrected chi connectivity index (χ2v) is 7.61. The molecule has 0 aliphatic rings. The van der Waals surface area contributed by atoms with E-state index >= 15 is 0 Å². The minimum atomic E-state index is -0.309. The molecule has 0 aliphatic heterocycles. The first-order valence-electron chi connectivity index (χ1n) is 8.11. The van der Waals surface area contributed by atoms with Crippen LogP contribution in [-0.2, 0) is 0 Å². The van der Waals surface area contributed by atoms with Crippen LogP contribution >= 0.6 is 22.9 Å². The summed E-state index contributed by atoms with van der Waals surface area (Å²) in [5, 5.41) is 9.99. The molecule has 0 aliphatic carbocycles. The number of carbonyl (C=O) groups is 1. The number of anilines is 1. The van der Waals surface area contributed by atoms with Gasteiger partial charge in [0.25, 0.3) is 5.91 Å². The third-order valence-electron chi connectivity index (χ3n) is 3.60. The number of carbonyl (C=O) groups excluding carboxylic acids is 1. The molecule has 0 unspecified atom stereocenters. The lowest BCUT2D eigenvalue weighted by atomic mass is 10.1. The maximum Gasteiger partial charge on any atom is 0.260 e. The highest BCUT2D eigenvalue weighted by Crippen LogP contribution is 2.30. The van der Waals surface area contributed by atoms with E-state index in [-0.39, 0.29) is 17.6 Å². The number of amides is 1. The van der Waals surface area contributed by atoms with Gasteiger partial charge in [-0.15, -0.1) is 10.2 Å². The van der Waals surface area contributed by atoms with Crippen LogP contribution in [0, 0.1) is 11.7 Å². The van der Waals surface area contributed by atoms with Crippen molar-refractivity contribution in [3.8, 4) is 10.6 Å². The minimum Gasteiger partial charge on any atom is -0.282 e. The number of hydrogen-bond acceptors (Lipinski definition) is 4. The fraction of sp³-hybridized carbons (Fsp3) is 0.211.